The van der Waals surface area contributed by atoms with Gasteiger partial charge in [-0.2, -0.15) is 0 Å². The van der Waals surface area contributed by atoms with Crippen LogP contribution >= 0.6 is 11.6 Å². The van der Waals surface area contributed by atoms with E-state index < -0.39 is 10.0 Å². The number of anilines is 3. The molecule has 0 unspecified atom stereocenters. The molecule has 9 heteroatoms. The van der Waals surface area contributed by atoms with Crippen LogP contribution in [-0.4, -0.2) is 33.4 Å². The van der Waals surface area contributed by atoms with E-state index in [9.17, 15) is 13.2 Å². The van der Waals surface area contributed by atoms with Crippen LogP contribution in [0.15, 0.2) is 65.7 Å². The summed E-state index contributed by atoms with van der Waals surface area (Å²) in [7, 11) is -0.287. The first-order chi connectivity index (χ1) is 14.2. The van der Waals surface area contributed by atoms with Crippen molar-refractivity contribution in [2.24, 2.45) is 0 Å². The van der Waals surface area contributed by atoms with Gasteiger partial charge in [-0.3, -0.25) is 9.52 Å². The SMILES string of the molecule is Cc1ccc(NC(=O)c2cccnc2N(C)C)cc1S(=O)(=O)Nc1ccc(Cl)cc1. The number of rotatable bonds is 6. The van der Waals surface area contributed by atoms with Crippen LogP contribution < -0.4 is 14.9 Å². The number of nitrogens with zero attached hydrogens (tertiary/aromatic N) is 2. The van der Waals surface area contributed by atoms with E-state index in [1.165, 1.54) is 6.07 Å². The fraction of sp³-hybridized carbons (Fsp3) is 0.143. The second-order valence-corrected chi connectivity index (χ2v) is 8.90. The van der Waals surface area contributed by atoms with Gasteiger partial charge in [0.25, 0.3) is 15.9 Å². The van der Waals surface area contributed by atoms with Gasteiger partial charge >= 0.3 is 0 Å². The smallest absolute Gasteiger partial charge is 0.262 e. The normalized spacial score (nSPS) is 11.1. The molecule has 0 bridgehead atoms. The molecule has 0 atom stereocenters. The lowest BCUT2D eigenvalue weighted by Crippen LogP contribution is -2.20. The molecule has 3 rings (SSSR count). The molecule has 7 nitrogen and oxygen atoms in total. The zero-order chi connectivity index (χ0) is 21.9. The van der Waals surface area contributed by atoms with Crippen LogP contribution in [0.1, 0.15) is 15.9 Å². The number of amides is 1. The maximum absolute atomic E-state index is 12.9. The van der Waals surface area contributed by atoms with E-state index in [-0.39, 0.29) is 10.8 Å². The van der Waals surface area contributed by atoms with Gasteiger partial charge in [-0.15, -0.1) is 0 Å². The molecule has 1 heterocycles. The minimum absolute atomic E-state index is 0.0641. The molecule has 30 heavy (non-hydrogen) atoms. The Labute approximate surface area is 180 Å². The van der Waals surface area contributed by atoms with E-state index in [0.717, 1.165) is 0 Å². The quantitative estimate of drug-likeness (QED) is 0.595. The number of hydrogen-bond acceptors (Lipinski definition) is 5. The molecule has 0 aliphatic carbocycles. The highest BCUT2D eigenvalue weighted by Crippen LogP contribution is 2.25. The van der Waals surface area contributed by atoms with Crippen LogP contribution in [0.3, 0.4) is 0 Å². The zero-order valence-electron chi connectivity index (χ0n) is 16.7. The highest BCUT2D eigenvalue weighted by Gasteiger charge is 2.19. The third kappa shape index (κ3) is 4.90. The van der Waals surface area contributed by atoms with Gasteiger partial charge in [0.05, 0.1) is 10.5 Å². The Kier molecular flexibility index (Phi) is 6.28. The zero-order valence-corrected chi connectivity index (χ0v) is 18.3. The topological polar surface area (TPSA) is 91.4 Å². The van der Waals surface area contributed by atoms with E-state index in [2.05, 4.69) is 15.0 Å². The Morgan fingerprint density at radius 2 is 1.70 bits per heavy atom. The first-order valence-corrected chi connectivity index (χ1v) is 10.9. The lowest BCUT2D eigenvalue weighted by atomic mass is 10.2. The van der Waals surface area contributed by atoms with E-state index in [4.69, 9.17) is 11.6 Å². The summed E-state index contributed by atoms with van der Waals surface area (Å²) < 4.78 is 28.3. The molecular formula is C21H21ClN4O3S. The van der Waals surface area contributed by atoms with Crippen LogP contribution in [0.5, 0.6) is 0 Å². The van der Waals surface area contributed by atoms with Crippen molar-refractivity contribution in [2.45, 2.75) is 11.8 Å². The molecule has 0 saturated carbocycles. The molecule has 0 saturated heterocycles. The number of nitrogens with one attached hydrogen (secondary N) is 2. The van der Waals surface area contributed by atoms with Crippen LogP contribution in [0.2, 0.25) is 5.02 Å². The maximum atomic E-state index is 12.9. The molecule has 0 spiro atoms. The summed E-state index contributed by atoms with van der Waals surface area (Å²) in [6.07, 6.45) is 1.60. The standard InChI is InChI=1S/C21H21ClN4O3S/c1-14-6-9-17(24-21(27)18-5-4-12-23-20(18)26(2)3)13-19(14)30(28,29)25-16-10-7-15(22)8-11-16/h4-13,25H,1-3H3,(H,24,27). The van der Waals surface area contributed by atoms with Crippen molar-refractivity contribution < 1.29 is 13.2 Å². The number of pyridine rings is 1. The van der Waals surface area contributed by atoms with Gasteiger partial charge in [-0.05, 0) is 61.0 Å². The molecule has 156 valence electrons. The van der Waals surface area contributed by atoms with Crippen molar-refractivity contribution in [1.29, 1.82) is 0 Å². The maximum Gasteiger partial charge on any atom is 0.262 e. The Bertz CT molecular complexity index is 1180. The Hall–Kier alpha value is -3.10. The molecule has 1 amide bonds. The second-order valence-electron chi connectivity index (χ2n) is 6.82. The molecule has 3 aromatic rings. The second kappa shape index (κ2) is 8.73. The molecule has 0 aliphatic rings. The molecule has 0 radical (unpaired) electrons. The molecule has 0 fully saturated rings. The van der Waals surface area contributed by atoms with Gasteiger partial charge in [-0.1, -0.05) is 17.7 Å². The Balaban J connectivity index is 1.88. The molecular weight excluding hydrogens is 424 g/mol. The summed E-state index contributed by atoms with van der Waals surface area (Å²) in [6, 6.07) is 14.4. The summed E-state index contributed by atoms with van der Waals surface area (Å²) >= 11 is 5.85. The number of carbonyl (C=O) groups excluding carboxylic acids is 1. The van der Waals surface area contributed by atoms with Crippen LogP contribution in [-0.2, 0) is 10.0 Å². The molecule has 2 N–H and O–H groups in total. The van der Waals surface area contributed by atoms with Crippen molar-refractivity contribution in [3.63, 3.8) is 0 Å². The van der Waals surface area contributed by atoms with Crippen LogP contribution in [0, 0.1) is 6.92 Å². The van der Waals surface area contributed by atoms with Crippen molar-refractivity contribution in [1.82, 2.24) is 4.98 Å². The predicted octanol–water partition coefficient (Wildman–Crippen LogP) is 4.16. The van der Waals surface area contributed by atoms with Crippen LogP contribution in [0.25, 0.3) is 0 Å². The highest BCUT2D eigenvalue weighted by atomic mass is 35.5. The summed E-state index contributed by atoms with van der Waals surface area (Å²) in [4.78, 5) is 18.8. The first-order valence-electron chi connectivity index (χ1n) is 9.00. The summed E-state index contributed by atoms with van der Waals surface area (Å²) in [5, 5.41) is 3.26. The van der Waals surface area contributed by atoms with E-state index in [1.54, 1.807) is 80.6 Å². The lowest BCUT2D eigenvalue weighted by molar-refractivity contribution is 0.102. The van der Waals surface area contributed by atoms with Gasteiger partial charge < -0.3 is 10.2 Å². The number of aromatic nitrogens is 1. The predicted molar refractivity (Wildman–Crippen MR) is 120 cm³/mol. The third-order valence-electron chi connectivity index (χ3n) is 4.29. The molecule has 1 aromatic heterocycles. The Morgan fingerprint density at radius 1 is 1.03 bits per heavy atom. The van der Waals surface area contributed by atoms with Gasteiger partial charge in [0.15, 0.2) is 0 Å². The Morgan fingerprint density at radius 3 is 2.37 bits per heavy atom. The summed E-state index contributed by atoms with van der Waals surface area (Å²) in [6.45, 7) is 1.69. The summed E-state index contributed by atoms with van der Waals surface area (Å²) in [5.41, 5.74) is 1.67. The van der Waals surface area contributed by atoms with Crippen LogP contribution in [0.4, 0.5) is 17.2 Å². The van der Waals surface area contributed by atoms with Crippen molar-refractivity contribution >= 4 is 44.7 Å². The number of hydrogen-bond donors (Lipinski definition) is 2. The van der Waals surface area contributed by atoms with Crippen molar-refractivity contribution in [3.05, 3.63) is 76.9 Å². The van der Waals surface area contributed by atoms with Crippen molar-refractivity contribution in [3.8, 4) is 0 Å². The molecule has 2 aromatic carbocycles. The number of benzene rings is 2. The fourth-order valence-electron chi connectivity index (χ4n) is 2.82. The largest absolute Gasteiger partial charge is 0.362 e. The van der Waals surface area contributed by atoms with E-state index >= 15 is 0 Å². The van der Waals surface area contributed by atoms with Gasteiger partial charge in [0.1, 0.15) is 5.82 Å². The minimum atomic E-state index is -3.87. The first kappa shape index (κ1) is 21.6. The van der Waals surface area contributed by atoms with E-state index in [0.29, 0.717) is 33.3 Å². The minimum Gasteiger partial charge on any atom is -0.362 e. The summed E-state index contributed by atoms with van der Waals surface area (Å²) in [5.74, 6) is 0.129. The van der Waals surface area contributed by atoms with Crippen molar-refractivity contribution in [2.75, 3.05) is 29.0 Å². The fourth-order valence-corrected chi connectivity index (χ4v) is 4.28. The number of aryl methyl sites for hydroxylation is 1. The van der Waals surface area contributed by atoms with Gasteiger partial charge in [0, 0.05) is 36.7 Å². The average Bonchev–Trinajstić information content (AvgIpc) is 2.70. The number of carbonyl (C=O) groups is 1. The number of halogens is 1. The third-order valence-corrected chi connectivity index (χ3v) is 6.06. The monoisotopic (exact) mass is 444 g/mol. The average molecular weight is 445 g/mol. The van der Waals surface area contributed by atoms with Gasteiger partial charge in [0.2, 0.25) is 0 Å². The van der Waals surface area contributed by atoms with E-state index in [1.807, 2.05) is 0 Å². The number of sulfonamides is 1. The molecule has 0 aliphatic heterocycles. The lowest BCUT2D eigenvalue weighted by Gasteiger charge is -2.16. The highest BCUT2D eigenvalue weighted by molar-refractivity contribution is 7.92. The van der Waals surface area contributed by atoms with Gasteiger partial charge in [-0.25, -0.2) is 13.4 Å².